The molecule has 1 aromatic carbocycles. The molecule has 190 valence electrons. The van der Waals surface area contributed by atoms with Gasteiger partial charge >= 0.3 is 6.09 Å². The molecule has 12 heteroatoms. The summed E-state index contributed by atoms with van der Waals surface area (Å²) in [5, 5.41) is 14.9. The highest BCUT2D eigenvalue weighted by Gasteiger charge is 2.34. The Bertz CT molecular complexity index is 941. The van der Waals surface area contributed by atoms with Crippen LogP contribution < -0.4 is 15.4 Å². The Morgan fingerprint density at radius 1 is 1.26 bits per heavy atom. The SMILES string of the molecule is CC(=O)O.CCCCS(=O)(=O)NC1CCN(CC2CN(c3ccc(C(=N)N)cc3)C(=O)O2)CC1. The maximum absolute atomic E-state index is 12.3. The number of cyclic esters (lactones) is 1. The zero-order valence-electron chi connectivity index (χ0n) is 19.7. The number of ether oxygens (including phenoxy) is 1. The van der Waals surface area contributed by atoms with Gasteiger partial charge in [0.25, 0.3) is 5.97 Å². The van der Waals surface area contributed by atoms with Crippen LogP contribution in [0.15, 0.2) is 24.3 Å². The maximum atomic E-state index is 12.3. The zero-order chi connectivity index (χ0) is 25.3. The number of piperidine rings is 1. The van der Waals surface area contributed by atoms with Gasteiger partial charge in [-0.3, -0.25) is 20.0 Å². The highest BCUT2D eigenvalue weighted by atomic mass is 32.2. The third kappa shape index (κ3) is 8.92. The maximum Gasteiger partial charge on any atom is 0.414 e. The summed E-state index contributed by atoms with van der Waals surface area (Å²) >= 11 is 0. The van der Waals surface area contributed by atoms with Crippen molar-refractivity contribution in [2.45, 2.75) is 51.7 Å². The number of aliphatic carboxylic acids is 1. The van der Waals surface area contributed by atoms with E-state index in [-0.39, 0.29) is 29.8 Å². The van der Waals surface area contributed by atoms with Crippen molar-refractivity contribution in [1.82, 2.24) is 9.62 Å². The van der Waals surface area contributed by atoms with Crippen LogP contribution in [0, 0.1) is 5.41 Å². The molecule has 1 amide bonds. The van der Waals surface area contributed by atoms with Gasteiger partial charge in [-0.2, -0.15) is 0 Å². The van der Waals surface area contributed by atoms with Gasteiger partial charge in [0.15, 0.2) is 0 Å². The van der Waals surface area contributed by atoms with Gasteiger partial charge in [0, 0.05) is 30.8 Å². The monoisotopic (exact) mass is 497 g/mol. The van der Waals surface area contributed by atoms with E-state index in [4.69, 9.17) is 25.8 Å². The molecule has 2 aliphatic rings. The number of carboxylic acid groups (broad SMARTS) is 1. The van der Waals surface area contributed by atoms with Gasteiger partial charge in [0.2, 0.25) is 10.0 Å². The van der Waals surface area contributed by atoms with Crippen LogP contribution in [0.5, 0.6) is 0 Å². The van der Waals surface area contributed by atoms with Gasteiger partial charge in [-0.05, 0) is 56.6 Å². The summed E-state index contributed by atoms with van der Waals surface area (Å²) in [7, 11) is -3.20. The lowest BCUT2D eigenvalue weighted by Crippen LogP contribution is -2.47. The summed E-state index contributed by atoms with van der Waals surface area (Å²) in [5.74, 6) is -0.662. The fourth-order valence-corrected chi connectivity index (χ4v) is 5.35. The quantitative estimate of drug-likeness (QED) is 0.295. The molecule has 34 heavy (non-hydrogen) atoms. The zero-order valence-corrected chi connectivity index (χ0v) is 20.5. The van der Waals surface area contributed by atoms with E-state index < -0.39 is 16.0 Å². The Labute approximate surface area is 200 Å². The molecule has 1 atom stereocenters. The van der Waals surface area contributed by atoms with Gasteiger partial charge in [0.05, 0.1) is 12.3 Å². The van der Waals surface area contributed by atoms with Crippen molar-refractivity contribution >= 4 is 33.6 Å². The lowest BCUT2D eigenvalue weighted by Gasteiger charge is -2.33. The van der Waals surface area contributed by atoms with Crippen molar-refractivity contribution in [3.05, 3.63) is 29.8 Å². The van der Waals surface area contributed by atoms with Crippen LogP contribution in [-0.4, -0.2) is 80.4 Å². The Balaban J connectivity index is 0.000000945. The normalized spacial score (nSPS) is 19.3. The van der Waals surface area contributed by atoms with E-state index in [1.165, 1.54) is 0 Å². The lowest BCUT2D eigenvalue weighted by atomic mass is 10.1. The van der Waals surface area contributed by atoms with Crippen molar-refractivity contribution in [2.24, 2.45) is 5.73 Å². The average Bonchev–Trinajstić information content (AvgIpc) is 3.13. The molecular formula is C22H35N5O6S. The first-order valence-electron chi connectivity index (χ1n) is 11.3. The number of amidine groups is 1. The molecule has 1 unspecified atom stereocenters. The summed E-state index contributed by atoms with van der Waals surface area (Å²) in [6.07, 6.45) is 2.42. The summed E-state index contributed by atoms with van der Waals surface area (Å²) < 4.78 is 32.5. The average molecular weight is 498 g/mol. The Morgan fingerprint density at radius 3 is 2.38 bits per heavy atom. The highest BCUT2D eigenvalue weighted by molar-refractivity contribution is 7.89. The van der Waals surface area contributed by atoms with E-state index in [0.717, 1.165) is 39.3 Å². The van der Waals surface area contributed by atoms with E-state index in [2.05, 4.69) is 9.62 Å². The number of rotatable bonds is 9. The summed E-state index contributed by atoms with van der Waals surface area (Å²) in [6, 6.07) is 6.92. The van der Waals surface area contributed by atoms with Gasteiger partial charge in [-0.15, -0.1) is 0 Å². The van der Waals surface area contributed by atoms with E-state index in [1.807, 2.05) is 6.92 Å². The Kier molecular flexibility index (Phi) is 10.3. The van der Waals surface area contributed by atoms with Gasteiger partial charge in [0.1, 0.15) is 11.9 Å². The second kappa shape index (κ2) is 12.7. The Hall–Kier alpha value is -2.70. The van der Waals surface area contributed by atoms with Crippen LogP contribution in [0.25, 0.3) is 0 Å². The van der Waals surface area contributed by atoms with Crippen molar-refractivity contribution in [2.75, 3.05) is 36.8 Å². The molecule has 0 aromatic heterocycles. The minimum absolute atomic E-state index is 0.0144. The second-order valence-electron chi connectivity index (χ2n) is 8.46. The van der Waals surface area contributed by atoms with Crippen LogP contribution in [0.2, 0.25) is 0 Å². The first-order chi connectivity index (χ1) is 16.0. The van der Waals surface area contributed by atoms with Gasteiger partial charge in [-0.25, -0.2) is 17.9 Å². The van der Waals surface area contributed by atoms with E-state index in [1.54, 1.807) is 29.2 Å². The first-order valence-corrected chi connectivity index (χ1v) is 13.0. The molecule has 1 aromatic rings. The van der Waals surface area contributed by atoms with Crippen molar-refractivity contribution in [1.29, 1.82) is 5.41 Å². The molecule has 2 heterocycles. The van der Waals surface area contributed by atoms with Crippen LogP contribution in [0.3, 0.4) is 0 Å². The van der Waals surface area contributed by atoms with Crippen LogP contribution in [0.1, 0.15) is 45.1 Å². The smallest absolute Gasteiger partial charge is 0.414 e. The number of nitrogens with zero attached hydrogens (tertiary/aromatic N) is 2. The van der Waals surface area contributed by atoms with Crippen LogP contribution in [0.4, 0.5) is 10.5 Å². The predicted molar refractivity (Wildman–Crippen MR) is 130 cm³/mol. The van der Waals surface area contributed by atoms with Crippen molar-refractivity contribution < 1.29 is 27.9 Å². The first kappa shape index (κ1) is 27.5. The molecule has 2 saturated heterocycles. The number of hydrogen-bond acceptors (Lipinski definition) is 7. The summed E-state index contributed by atoms with van der Waals surface area (Å²) in [6.45, 7) is 5.68. The molecule has 0 saturated carbocycles. The standard InChI is InChI=1S/C20H31N5O4S.C2H4O2/c1-2-3-12-30(27,28)23-16-8-10-24(11-9-16)13-18-14-25(20(26)29-18)17-6-4-15(5-7-17)19(21)22;1-2(3)4/h4-7,16,18,23H,2-3,8-14H2,1H3,(H3,21,22);1H3,(H,3,4). The fraction of sp³-hybridized carbons (Fsp3) is 0.591. The number of benzene rings is 1. The molecule has 5 N–H and O–H groups in total. The number of sulfonamides is 1. The lowest BCUT2D eigenvalue weighted by molar-refractivity contribution is -0.134. The topological polar surface area (TPSA) is 166 Å². The molecule has 0 spiro atoms. The number of nitrogens with one attached hydrogen (secondary N) is 2. The fourth-order valence-electron chi connectivity index (χ4n) is 3.82. The molecule has 2 fully saturated rings. The predicted octanol–water partition coefficient (Wildman–Crippen LogP) is 1.57. The molecule has 0 radical (unpaired) electrons. The molecule has 0 bridgehead atoms. The Morgan fingerprint density at radius 2 is 1.85 bits per heavy atom. The number of carbonyl (C=O) groups is 2. The third-order valence-electron chi connectivity index (χ3n) is 5.53. The number of amides is 1. The number of nitrogen functional groups attached to an aromatic ring is 1. The number of hydrogen-bond donors (Lipinski definition) is 4. The molecule has 11 nitrogen and oxygen atoms in total. The number of carboxylic acids is 1. The number of unbranched alkanes of at least 4 members (excludes halogenated alkanes) is 1. The van der Waals surface area contributed by atoms with E-state index in [9.17, 15) is 13.2 Å². The molecular weight excluding hydrogens is 462 g/mol. The minimum atomic E-state index is -3.20. The van der Waals surface area contributed by atoms with Crippen molar-refractivity contribution in [3.63, 3.8) is 0 Å². The number of nitrogens with two attached hydrogens (primary N) is 1. The second-order valence-corrected chi connectivity index (χ2v) is 10.3. The molecule has 2 aliphatic heterocycles. The van der Waals surface area contributed by atoms with Crippen LogP contribution >= 0.6 is 0 Å². The number of anilines is 1. The number of likely N-dealkylation sites (tertiary alicyclic amines) is 1. The summed E-state index contributed by atoms with van der Waals surface area (Å²) in [5.41, 5.74) is 6.79. The summed E-state index contributed by atoms with van der Waals surface area (Å²) in [4.78, 5) is 25.1. The van der Waals surface area contributed by atoms with E-state index in [0.29, 0.717) is 30.8 Å². The minimum Gasteiger partial charge on any atom is -0.481 e. The third-order valence-corrected chi connectivity index (χ3v) is 7.04. The van der Waals surface area contributed by atoms with Gasteiger partial charge < -0.3 is 15.6 Å². The highest BCUT2D eigenvalue weighted by Crippen LogP contribution is 2.23. The van der Waals surface area contributed by atoms with Gasteiger partial charge in [-0.1, -0.05) is 13.3 Å². The largest absolute Gasteiger partial charge is 0.481 e. The molecule has 0 aliphatic carbocycles. The number of carbonyl (C=O) groups excluding carboxylic acids is 1. The van der Waals surface area contributed by atoms with Crippen LogP contribution in [-0.2, 0) is 19.6 Å². The van der Waals surface area contributed by atoms with Crippen molar-refractivity contribution in [3.8, 4) is 0 Å². The molecule has 3 rings (SSSR count). The van der Waals surface area contributed by atoms with E-state index >= 15 is 0 Å².